The number of amides is 5. The fraction of sp³-hybridized carbons (Fsp3) is 0.800. The number of hydrogen-bond acceptors (Lipinski definition) is 7. The maximum absolute atomic E-state index is 14.5. The summed E-state index contributed by atoms with van der Waals surface area (Å²) in [5.41, 5.74) is -1.82. The van der Waals surface area contributed by atoms with Gasteiger partial charge >= 0.3 is 6.03 Å². The van der Waals surface area contributed by atoms with Gasteiger partial charge in [-0.1, -0.05) is 72.8 Å². The van der Waals surface area contributed by atoms with Crippen molar-refractivity contribution >= 4 is 39.4 Å². The number of ketones is 1. The van der Waals surface area contributed by atoms with Crippen LogP contribution in [0.3, 0.4) is 0 Å². The second-order valence-corrected chi connectivity index (χ2v) is 18.9. The molecule has 12 nitrogen and oxygen atoms in total. The van der Waals surface area contributed by atoms with Crippen LogP contribution in [0.5, 0.6) is 0 Å². The highest BCUT2D eigenvalue weighted by molar-refractivity contribution is 7.92. The topological polar surface area (TPSA) is 171 Å². The Morgan fingerprint density at radius 3 is 2.21 bits per heavy atom. The van der Waals surface area contributed by atoms with E-state index in [4.69, 9.17) is 0 Å². The number of carbonyl (C=O) groups excluding carboxylic acids is 5. The SMILES string of the molecule is C=CCNC(=O)C(=O)C(CC1CC1)NC(=O)[C@@H]1[C@@H]2C(CN1C(=O)[C@@H](NC(=O)NC1(C3CCCS3(=O)=O)CCCCC1)C(C)(C)C)C2(C)C. The average molecular weight is 690 g/mol. The normalized spacial score (nSPS) is 29.5. The number of piperidine rings is 1. The van der Waals surface area contributed by atoms with E-state index in [9.17, 15) is 32.4 Å². The van der Waals surface area contributed by atoms with Gasteiger partial charge < -0.3 is 26.2 Å². The number of nitrogens with zero attached hydrogens (tertiary/aromatic N) is 1. The smallest absolute Gasteiger partial charge is 0.315 e. The molecule has 2 saturated heterocycles. The summed E-state index contributed by atoms with van der Waals surface area (Å²) in [6.07, 6.45) is 8.51. The summed E-state index contributed by atoms with van der Waals surface area (Å²) in [4.78, 5) is 69.6. The molecule has 3 saturated carbocycles. The van der Waals surface area contributed by atoms with Gasteiger partial charge in [0.15, 0.2) is 9.84 Å². The van der Waals surface area contributed by atoms with Crippen LogP contribution in [0, 0.1) is 28.6 Å². The van der Waals surface area contributed by atoms with Crippen LogP contribution in [-0.4, -0.2) is 90.6 Å². The summed E-state index contributed by atoms with van der Waals surface area (Å²) in [7, 11) is -3.35. The zero-order chi connectivity index (χ0) is 35.2. The van der Waals surface area contributed by atoms with Gasteiger partial charge in [-0.25, -0.2) is 13.2 Å². The molecule has 0 aromatic carbocycles. The molecule has 5 fully saturated rings. The molecule has 3 unspecified atom stereocenters. The summed E-state index contributed by atoms with van der Waals surface area (Å²) in [6, 6.07) is -3.47. The lowest BCUT2D eigenvalue weighted by atomic mass is 9.78. The Hall–Kier alpha value is -2.96. The van der Waals surface area contributed by atoms with E-state index in [2.05, 4.69) is 41.7 Å². The van der Waals surface area contributed by atoms with Crippen LogP contribution in [0.15, 0.2) is 12.7 Å². The minimum Gasteiger partial charge on any atom is -0.346 e. The van der Waals surface area contributed by atoms with E-state index < -0.39 is 73.7 Å². The number of nitrogens with one attached hydrogen (secondary N) is 4. The van der Waals surface area contributed by atoms with Crippen molar-refractivity contribution in [3.8, 4) is 0 Å². The van der Waals surface area contributed by atoms with Gasteiger partial charge in [0.2, 0.25) is 17.6 Å². The Morgan fingerprint density at radius 1 is 0.979 bits per heavy atom. The molecule has 268 valence electrons. The van der Waals surface area contributed by atoms with E-state index >= 15 is 0 Å². The molecular formula is C35H55N5O7S. The van der Waals surface area contributed by atoms with Crippen LogP contribution in [-0.2, 0) is 29.0 Å². The molecule has 5 rings (SSSR count). The quantitative estimate of drug-likeness (QED) is 0.180. The molecule has 0 aromatic rings. The van der Waals surface area contributed by atoms with Gasteiger partial charge in [0.25, 0.3) is 5.91 Å². The van der Waals surface area contributed by atoms with Gasteiger partial charge in [0, 0.05) is 13.1 Å². The Kier molecular flexibility index (Phi) is 10.1. The van der Waals surface area contributed by atoms with Gasteiger partial charge in [-0.3, -0.25) is 19.2 Å². The Bertz CT molecular complexity index is 1430. The second kappa shape index (κ2) is 13.4. The van der Waals surface area contributed by atoms with Crippen molar-refractivity contribution in [3.05, 3.63) is 12.7 Å². The number of rotatable bonds is 12. The standard InChI is InChI=1S/C35H55N5O7S/c1-7-17-36-30(43)27(41)23(19-21-13-14-21)37-29(42)26-25-22(34(25,5)6)20-40(26)31(44)28(33(2,3)4)38-32(45)39-35(15-9-8-10-16-35)24-12-11-18-48(24,46)47/h7,21-26,28H,1,8-20H2,2-6H3,(H,36,43)(H,37,42)(H2,38,39,45)/t22?,23?,24?,25-,26-,28+/m0/s1. The molecule has 5 aliphatic rings. The number of hydrogen-bond donors (Lipinski definition) is 4. The third kappa shape index (κ3) is 7.31. The lowest BCUT2D eigenvalue weighted by Crippen LogP contribution is -2.65. The van der Waals surface area contributed by atoms with Gasteiger partial charge in [0.05, 0.1) is 22.6 Å². The molecule has 0 spiro atoms. The molecule has 0 bridgehead atoms. The Labute approximate surface area is 285 Å². The molecule has 4 N–H and O–H groups in total. The number of fused-ring (bicyclic) bond motifs is 1. The van der Waals surface area contributed by atoms with E-state index in [-0.39, 0.29) is 35.5 Å². The molecule has 2 aliphatic heterocycles. The summed E-state index contributed by atoms with van der Waals surface area (Å²) in [5, 5.41) is 10.7. The van der Waals surface area contributed by atoms with Gasteiger partial charge in [-0.15, -0.1) is 6.58 Å². The van der Waals surface area contributed by atoms with Crippen LogP contribution in [0.1, 0.15) is 98.8 Å². The predicted octanol–water partition coefficient (Wildman–Crippen LogP) is 2.62. The fourth-order valence-electron chi connectivity index (χ4n) is 8.73. The van der Waals surface area contributed by atoms with Crippen molar-refractivity contribution in [1.29, 1.82) is 0 Å². The highest BCUT2D eigenvalue weighted by atomic mass is 32.2. The molecule has 5 amide bonds. The van der Waals surface area contributed by atoms with Crippen LogP contribution in [0.25, 0.3) is 0 Å². The Morgan fingerprint density at radius 2 is 1.65 bits per heavy atom. The fourth-order valence-corrected chi connectivity index (χ4v) is 11.1. The molecule has 2 heterocycles. The van der Waals surface area contributed by atoms with Crippen molar-refractivity contribution in [2.45, 2.75) is 128 Å². The lowest BCUT2D eigenvalue weighted by molar-refractivity contribution is -0.145. The first kappa shape index (κ1) is 36.3. The van der Waals surface area contributed by atoms with Crippen LogP contribution >= 0.6 is 0 Å². The lowest BCUT2D eigenvalue weighted by Gasteiger charge is -2.43. The minimum atomic E-state index is -3.35. The highest BCUT2D eigenvalue weighted by Gasteiger charge is 2.70. The van der Waals surface area contributed by atoms with Gasteiger partial charge in [-0.05, 0) is 60.7 Å². The molecule has 13 heteroatoms. The van der Waals surface area contributed by atoms with Gasteiger partial charge in [0.1, 0.15) is 12.1 Å². The predicted molar refractivity (Wildman–Crippen MR) is 181 cm³/mol. The maximum atomic E-state index is 14.5. The number of Topliss-reactive ketones (excluding diaryl/α,β-unsaturated/α-hetero) is 1. The van der Waals surface area contributed by atoms with Crippen molar-refractivity contribution < 1.29 is 32.4 Å². The molecule has 0 radical (unpaired) electrons. The van der Waals surface area contributed by atoms with Crippen LogP contribution < -0.4 is 21.3 Å². The molecule has 0 aromatic heterocycles. The summed E-state index contributed by atoms with van der Waals surface area (Å²) < 4.78 is 26.1. The second-order valence-electron chi connectivity index (χ2n) is 16.6. The van der Waals surface area contributed by atoms with E-state index in [0.717, 1.165) is 32.1 Å². The van der Waals surface area contributed by atoms with Gasteiger partial charge in [-0.2, -0.15) is 0 Å². The molecule has 48 heavy (non-hydrogen) atoms. The van der Waals surface area contributed by atoms with Crippen molar-refractivity contribution in [3.63, 3.8) is 0 Å². The van der Waals surface area contributed by atoms with E-state index in [1.54, 1.807) is 4.90 Å². The zero-order valence-corrected chi connectivity index (χ0v) is 30.0. The van der Waals surface area contributed by atoms with Crippen LogP contribution in [0.4, 0.5) is 4.79 Å². The maximum Gasteiger partial charge on any atom is 0.315 e. The number of likely N-dealkylation sites (tertiary alicyclic amines) is 1. The van der Waals surface area contributed by atoms with E-state index in [0.29, 0.717) is 38.6 Å². The van der Waals surface area contributed by atoms with Crippen molar-refractivity contribution in [2.24, 2.45) is 28.6 Å². The van der Waals surface area contributed by atoms with Crippen LogP contribution in [0.2, 0.25) is 0 Å². The number of urea groups is 1. The van der Waals surface area contributed by atoms with Crippen molar-refractivity contribution in [1.82, 2.24) is 26.2 Å². The highest BCUT2D eigenvalue weighted by Crippen LogP contribution is 2.65. The van der Waals surface area contributed by atoms with Crippen molar-refractivity contribution in [2.75, 3.05) is 18.8 Å². The molecule has 6 atom stereocenters. The first-order chi connectivity index (χ1) is 22.4. The zero-order valence-electron chi connectivity index (χ0n) is 29.2. The third-order valence-electron chi connectivity index (χ3n) is 11.7. The molecule has 3 aliphatic carbocycles. The minimum absolute atomic E-state index is 0.0678. The van der Waals surface area contributed by atoms with E-state index in [1.807, 2.05) is 20.8 Å². The monoisotopic (exact) mass is 689 g/mol. The third-order valence-corrected chi connectivity index (χ3v) is 14.1. The largest absolute Gasteiger partial charge is 0.346 e. The Balaban J connectivity index is 1.35. The summed E-state index contributed by atoms with van der Waals surface area (Å²) in [6.45, 7) is 13.7. The summed E-state index contributed by atoms with van der Waals surface area (Å²) >= 11 is 0. The summed E-state index contributed by atoms with van der Waals surface area (Å²) in [5.74, 6) is -2.07. The van der Waals surface area contributed by atoms with E-state index in [1.165, 1.54) is 6.08 Å². The number of carbonyl (C=O) groups is 5. The molecular weight excluding hydrogens is 634 g/mol. The average Bonchev–Trinajstić information content (AvgIpc) is 3.79. The first-order valence-electron chi connectivity index (χ1n) is 17.8. The first-order valence-corrected chi connectivity index (χ1v) is 19.5. The number of sulfone groups is 1.